The molecule has 3 aromatic rings. The van der Waals surface area contributed by atoms with Crippen molar-refractivity contribution in [2.75, 3.05) is 26.3 Å². The monoisotopic (exact) mass is 407 g/mol. The molecule has 0 unspecified atom stereocenters. The van der Waals surface area contributed by atoms with E-state index in [1.807, 2.05) is 12.1 Å². The number of aryl methyl sites for hydroxylation is 1. The molecule has 1 aliphatic carbocycles. The zero-order valence-electron chi connectivity index (χ0n) is 16.5. The summed E-state index contributed by atoms with van der Waals surface area (Å²) in [6.45, 7) is 1.99. The fourth-order valence-corrected chi connectivity index (χ4v) is 4.35. The van der Waals surface area contributed by atoms with Gasteiger partial charge in [-0.3, -0.25) is 0 Å². The smallest absolute Gasteiger partial charge is 0.119 e. The Bertz CT molecular complexity index is 969. The second kappa shape index (κ2) is 9.45. The van der Waals surface area contributed by atoms with Crippen molar-refractivity contribution in [3.8, 4) is 28.0 Å². The molecule has 29 heavy (non-hydrogen) atoms. The number of aliphatic hydroxyl groups is 1. The predicted molar refractivity (Wildman–Crippen MR) is 120 cm³/mol. The number of benzene rings is 3. The quantitative estimate of drug-likeness (QED) is 0.509. The molecule has 0 saturated carbocycles. The maximum Gasteiger partial charge on any atom is 0.119 e. The highest BCUT2D eigenvalue weighted by Crippen LogP contribution is 2.40. The highest BCUT2D eigenvalue weighted by molar-refractivity contribution is 6.36. The van der Waals surface area contributed by atoms with Gasteiger partial charge in [0.25, 0.3) is 0 Å². The van der Waals surface area contributed by atoms with E-state index in [2.05, 4.69) is 53.8 Å². The summed E-state index contributed by atoms with van der Waals surface area (Å²) in [6.07, 6.45) is 3.52. The number of ether oxygens (including phenoxy) is 1. The van der Waals surface area contributed by atoms with Gasteiger partial charge < -0.3 is 15.2 Å². The fourth-order valence-electron chi connectivity index (χ4n) is 4.01. The van der Waals surface area contributed by atoms with Gasteiger partial charge in [0.1, 0.15) is 12.4 Å². The molecule has 0 fully saturated rings. The topological polar surface area (TPSA) is 41.5 Å². The lowest BCUT2D eigenvalue weighted by Gasteiger charge is -2.14. The van der Waals surface area contributed by atoms with Crippen molar-refractivity contribution in [3.05, 3.63) is 76.8 Å². The summed E-state index contributed by atoms with van der Waals surface area (Å²) < 4.78 is 5.74. The van der Waals surface area contributed by atoms with E-state index in [1.165, 1.54) is 23.1 Å². The summed E-state index contributed by atoms with van der Waals surface area (Å²) >= 11 is 6.89. The maximum absolute atomic E-state index is 8.77. The van der Waals surface area contributed by atoms with E-state index < -0.39 is 0 Å². The highest BCUT2D eigenvalue weighted by Gasteiger charge is 2.18. The molecule has 3 nitrogen and oxygen atoms in total. The van der Waals surface area contributed by atoms with Gasteiger partial charge in [-0.1, -0.05) is 60.1 Å². The van der Waals surface area contributed by atoms with Gasteiger partial charge in [-0.05, 0) is 53.6 Å². The number of hydrogen-bond donors (Lipinski definition) is 2. The average Bonchev–Trinajstić information content (AvgIpc) is 3.24. The van der Waals surface area contributed by atoms with E-state index in [-0.39, 0.29) is 6.61 Å². The second-order valence-corrected chi connectivity index (χ2v) is 7.69. The standard InChI is InChI=1S/C25H26ClNO2/c26-25-22(19-10-12-20(13-11-19)29-17-15-27-14-16-28)7-3-9-24(25)23-8-2-5-18-4-1-6-21(18)23/h2-3,5,7-13,27-28H,1,4,6,14-17H2. The SMILES string of the molecule is OCCNCCOc1ccc(-c2cccc(-c3cccc4c3CCC4)c2Cl)cc1. The Labute approximate surface area is 177 Å². The van der Waals surface area contributed by atoms with Gasteiger partial charge in [0.15, 0.2) is 0 Å². The van der Waals surface area contributed by atoms with Crippen LogP contribution >= 0.6 is 11.6 Å². The lowest BCUT2D eigenvalue weighted by molar-refractivity contribution is 0.276. The van der Waals surface area contributed by atoms with E-state index in [0.717, 1.165) is 40.3 Å². The summed E-state index contributed by atoms with van der Waals surface area (Å²) in [5.41, 5.74) is 7.40. The Hall–Kier alpha value is -2.33. The van der Waals surface area contributed by atoms with Crippen molar-refractivity contribution in [1.82, 2.24) is 5.32 Å². The van der Waals surface area contributed by atoms with E-state index in [9.17, 15) is 0 Å². The Morgan fingerprint density at radius 1 is 0.862 bits per heavy atom. The molecule has 0 aromatic heterocycles. The van der Waals surface area contributed by atoms with Crippen LogP contribution in [0.5, 0.6) is 5.75 Å². The maximum atomic E-state index is 8.77. The molecule has 0 atom stereocenters. The number of aliphatic hydroxyl groups excluding tert-OH is 1. The summed E-state index contributed by atoms with van der Waals surface area (Å²) in [5, 5.41) is 12.7. The molecule has 1 aliphatic rings. The Morgan fingerprint density at radius 2 is 1.62 bits per heavy atom. The van der Waals surface area contributed by atoms with Crippen molar-refractivity contribution in [3.63, 3.8) is 0 Å². The molecule has 0 bridgehead atoms. The van der Waals surface area contributed by atoms with Gasteiger partial charge in [-0.2, -0.15) is 0 Å². The summed E-state index contributed by atoms with van der Waals surface area (Å²) in [6, 6.07) is 20.9. The van der Waals surface area contributed by atoms with Crippen LogP contribution in [0.2, 0.25) is 5.02 Å². The third kappa shape index (κ3) is 4.48. The van der Waals surface area contributed by atoms with Gasteiger partial charge in [-0.15, -0.1) is 0 Å². The van der Waals surface area contributed by atoms with E-state index in [1.54, 1.807) is 0 Å². The predicted octanol–water partition coefficient (Wildman–Crippen LogP) is 5.12. The van der Waals surface area contributed by atoms with Crippen molar-refractivity contribution in [1.29, 1.82) is 0 Å². The molecule has 4 heteroatoms. The first-order valence-corrected chi connectivity index (χ1v) is 10.6. The van der Waals surface area contributed by atoms with Gasteiger partial charge in [0.05, 0.1) is 11.6 Å². The van der Waals surface area contributed by atoms with Gasteiger partial charge >= 0.3 is 0 Å². The molecule has 3 aromatic carbocycles. The minimum absolute atomic E-state index is 0.139. The molecule has 4 rings (SSSR count). The molecule has 0 spiro atoms. The van der Waals surface area contributed by atoms with Crippen molar-refractivity contribution < 1.29 is 9.84 Å². The molecule has 0 radical (unpaired) electrons. The Morgan fingerprint density at radius 3 is 2.45 bits per heavy atom. The largest absolute Gasteiger partial charge is 0.492 e. The van der Waals surface area contributed by atoms with E-state index in [4.69, 9.17) is 21.4 Å². The third-order valence-corrected chi connectivity index (χ3v) is 5.84. The van der Waals surface area contributed by atoms with Crippen molar-refractivity contribution >= 4 is 11.6 Å². The normalized spacial score (nSPS) is 12.8. The van der Waals surface area contributed by atoms with Gasteiger partial charge in [0, 0.05) is 24.2 Å². The van der Waals surface area contributed by atoms with Crippen LogP contribution in [-0.4, -0.2) is 31.4 Å². The number of rotatable bonds is 8. The third-order valence-electron chi connectivity index (χ3n) is 5.44. The van der Waals surface area contributed by atoms with Crippen molar-refractivity contribution in [2.45, 2.75) is 19.3 Å². The number of halogens is 1. The lowest BCUT2D eigenvalue weighted by atomic mass is 9.94. The van der Waals surface area contributed by atoms with Crippen LogP contribution in [0.15, 0.2) is 60.7 Å². The summed E-state index contributed by atoms with van der Waals surface area (Å²) in [5.74, 6) is 0.827. The number of nitrogens with one attached hydrogen (secondary N) is 1. The molecule has 0 aliphatic heterocycles. The molecular weight excluding hydrogens is 382 g/mol. The van der Waals surface area contributed by atoms with Crippen LogP contribution in [0.25, 0.3) is 22.3 Å². The number of fused-ring (bicyclic) bond motifs is 1. The Kier molecular flexibility index (Phi) is 6.50. The molecule has 0 saturated heterocycles. The first-order valence-electron chi connectivity index (χ1n) is 10.2. The molecule has 150 valence electrons. The zero-order valence-corrected chi connectivity index (χ0v) is 17.2. The second-order valence-electron chi connectivity index (χ2n) is 7.31. The molecule has 0 heterocycles. The van der Waals surface area contributed by atoms with Crippen LogP contribution in [0.1, 0.15) is 17.5 Å². The van der Waals surface area contributed by atoms with Crippen LogP contribution in [0, 0.1) is 0 Å². The van der Waals surface area contributed by atoms with Gasteiger partial charge in [0.2, 0.25) is 0 Å². The van der Waals surface area contributed by atoms with Gasteiger partial charge in [-0.25, -0.2) is 0 Å². The summed E-state index contributed by atoms with van der Waals surface area (Å²) in [7, 11) is 0. The van der Waals surface area contributed by atoms with Crippen molar-refractivity contribution in [2.24, 2.45) is 0 Å². The van der Waals surface area contributed by atoms with Crippen LogP contribution in [0.3, 0.4) is 0 Å². The van der Waals surface area contributed by atoms with Crippen LogP contribution in [0.4, 0.5) is 0 Å². The van der Waals surface area contributed by atoms with Crippen LogP contribution < -0.4 is 10.1 Å². The molecule has 2 N–H and O–H groups in total. The van der Waals surface area contributed by atoms with E-state index >= 15 is 0 Å². The molecular formula is C25H26ClNO2. The first-order chi connectivity index (χ1) is 14.3. The highest BCUT2D eigenvalue weighted by atomic mass is 35.5. The fraction of sp³-hybridized carbons (Fsp3) is 0.280. The average molecular weight is 408 g/mol. The minimum Gasteiger partial charge on any atom is -0.492 e. The lowest BCUT2D eigenvalue weighted by Crippen LogP contribution is -2.23. The van der Waals surface area contributed by atoms with E-state index in [0.29, 0.717) is 19.7 Å². The molecule has 0 amide bonds. The first kappa shape index (κ1) is 20.0. The Balaban J connectivity index is 1.54. The minimum atomic E-state index is 0.139. The zero-order chi connectivity index (χ0) is 20.1. The van der Waals surface area contributed by atoms with Crippen LogP contribution in [-0.2, 0) is 12.8 Å². The number of hydrogen-bond acceptors (Lipinski definition) is 3. The summed E-state index contributed by atoms with van der Waals surface area (Å²) in [4.78, 5) is 0.